The van der Waals surface area contributed by atoms with Gasteiger partial charge in [-0.3, -0.25) is 4.79 Å². The van der Waals surface area contributed by atoms with E-state index in [0.29, 0.717) is 28.6 Å². The lowest BCUT2D eigenvalue weighted by molar-refractivity contribution is -0.120. The molecule has 0 spiro atoms. The molecule has 0 unspecified atom stereocenters. The Morgan fingerprint density at radius 2 is 1.91 bits per heavy atom. The summed E-state index contributed by atoms with van der Waals surface area (Å²) in [5.41, 5.74) is 2.49. The fourth-order valence-electron chi connectivity index (χ4n) is 2.36. The maximum absolute atomic E-state index is 12.0. The summed E-state index contributed by atoms with van der Waals surface area (Å²) in [5.74, 6) is -0.108. The van der Waals surface area contributed by atoms with Crippen molar-refractivity contribution in [3.05, 3.63) is 70.1 Å². The lowest BCUT2D eigenvalue weighted by Gasteiger charge is -2.07. The Morgan fingerprint density at radius 1 is 1.13 bits per heavy atom. The van der Waals surface area contributed by atoms with Crippen LogP contribution in [0.2, 0.25) is 10.0 Å². The van der Waals surface area contributed by atoms with E-state index in [4.69, 9.17) is 23.2 Å². The predicted octanol–water partition coefficient (Wildman–Crippen LogP) is 3.54. The van der Waals surface area contributed by atoms with Gasteiger partial charge in [0.15, 0.2) is 0 Å². The molecule has 118 valence electrons. The van der Waals surface area contributed by atoms with Gasteiger partial charge >= 0.3 is 0 Å². The van der Waals surface area contributed by atoms with E-state index in [1.807, 2.05) is 35.0 Å². The molecule has 0 aliphatic carbocycles. The maximum atomic E-state index is 12.0. The summed E-state index contributed by atoms with van der Waals surface area (Å²) in [7, 11) is 0. The molecule has 2 heterocycles. The second kappa shape index (κ2) is 7.02. The molecule has 0 saturated heterocycles. The highest BCUT2D eigenvalue weighted by Crippen LogP contribution is 2.24. The summed E-state index contributed by atoms with van der Waals surface area (Å²) in [4.78, 5) is 16.5. The number of hydrogen-bond acceptors (Lipinski definition) is 2. The van der Waals surface area contributed by atoms with Gasteiger partial charge < -0.3 is 9.72 Å². The quantitative estimate of drug-likeness (QED) is 0.767. The first-order valence-corrected chi connectivity index (χ1v) is 8.01. The molecule has 0 saturated carbocycles. The minimum absolute atomic E-state index is 0.108. The molecule has 4 nitrogen and oxygen atoms in total. The molecule has 0 aliphatic rings. The predicted molar refractivity (Wildman–Crippen MR) is 92.1 cm³/mol. The number of carbonyl (C=O) groups is 1. The van der Waals surface area contributed by atoms with E-state index in [1.165, 1.54) is 0 Å². The first kappa shape index (κ1) is 15.8. The number of aromatic nitrogens is 2. The SMILES string of the molecule is O=C(Cc1c(Cl)cccc1Cl)NCCc1cn2ccccc2n1. The number of pyridine rings is 1. The number of imidazole rings is 1. The second-order valence-electron chi connectivity index (χ2n) is 5.18. The third kappa shape index (κ3) is 3.84. The number of halogens is 2. The second-order valence-corrected chi connectivity index (χ2v) is 5.99. The number of nitrogens with one attached hydrogen (secondary N) is 1. The van der Waals surface area contributed by atoms with Crippen LogP contribution < -0.4 is 5.32 Å². The molecular weight excluding hydrogens is 333 g/mol. The highest BCUT2D eigenvalue weighted by atomic mass is 35.5. The number of nitrogens with zero attached hydrogens (tertiary/aromatic N) is 2. The van der Waals surface area contributed by atoms with E-state index in [2.05, 4.69) is 10.3 Å². The van der Waals surface area contributed by atoms with Crippen molar-refractivity contribution in [1.82, 2.24) is 14.7 Å². The number of benzene rings is 1. The van der Waals surface area contributed by atoms with E-state index >= 15 is 0 Å². The van der Waals surface area contributed by atoms with Crippen molar-refractivity contribution >= 4 is 34.8 Å². The van der Waals surface area contributed by atoms with Crippen LogP contribution in [-0.4, -0.2) is 21.8 Å². The topological polar surface area (TPSA) is 46.4 Å². The molecule has 0 aliphatic heterocycles. The molecule has 2 aromatic heterocycles. The molecule has 0 bridgehead atoms. The molecule has 0 radical (unpaired) electrons. The average molecular weight is 348 g/mol. The Hall–Kier alpha value is -2.04. The highest BCUT2D eigenvalue weighted by molar-refractivity contribution is 6.36. The van der Waals surface area contributed by atoms with Crippen LogP contribution in [0.4, 0.5) is 0 Å². The van der Waals surface area contributed by atoms with Crippen LogP contribution in [0.25, 0.3) is 5.65 Å². The molecule has 3 aromatic rings. The fourth-order valence-corrected chi connectivity index (χ4v) is 2.89. The number of amides is 1. The molecule has 1 aromatic carbocycles. The van der Waals surface area contributed by atoms with Crippen molar-refractivity contribution in [2.45, 2.75) is 12.8 Å². The maximum Gasteiger partial charge on any atom is 0.224 e. The van der Waals surface area contributed by atoms with Crippen molar-refractivity contribution in [2.24, 2.45) is 0 Å². The number of hydrogen-bond donors (Lipinski definition) is 1. The Morgan fingerprint density at radius 3 is 2.65 bits per heavy atom. The summed E-state index contributed by atoms with van der Waals surface area (Å²) in [6, 6.07) is 11.1. The summed E-state index contributed by atoms with van der Waals surface area (Å²) in [6.45, 7) is 0.519. The van der Waals surface area contributed by atoms with Crippen LogP contribution in [0.15, 0.2) is 48.8 Å². The number of rotatable bonds is 5. The van der Waals surface area contributed by atoms with Gasteiger partial charge in [-0.15, -0.1) is 0 Å². The summed E-state index contributed by atoms with van der Waals surface area (Å²) in [6.07, 6.45) is 4.75. The van der Waals surface area contributed by atoms with Crippen LogP contribution in [0, 0.1) is 0 Å². The molecule has 6 heteroatoms. The average Bonchev–Trinajstić information content (AvgIpc) is 2.94. The zero-order valence-corrected chi connectivity index (χ0v) is 13.8. The molecule has 0 fully saturated rings. The van der Waals surface area contributed by atoms with Crippen molar-refractivity contribution in [1.29, 1.82) is 0 Å². The van der Waals surface area contributed by atoms with Crippen molar-refractivity contribution in [2.75, 3.05) is 6.54 Å². The van der Waals surface area contributed by atoms with Gasteiger partial charge in [0.05, 0.1) is 12.1 Å². The number of carbonyl (C=O) groups excluding carboxylic acids is 1. The molecule has 1 N–H and O–H groups in total. The smallest absolute Gasteiger partial charge is 0.224 e. The number of fused-ring (bicyclic) bond motifs is 1. The van der Waals surface area contributed by atoms with Crippen LogP contribution >= 0.6 is 23.2 Å². The van der Waals surface area contributed by atoms with Crippen LogP contribution in [0.1, 0.15) is 11.3 Å². The van der Waals surface area contributed by atoms with Gasteiger partial charge in [-0.2, -0.15) is 0 Å². The van der Waals surface area contributed by atoms with Gasteiger partial charge in [0.1, 0.15) is 5.65 Å². The molecular formula is C17H15Cl2N3O. The van der Waals surface area contributed by atoms with Crippen molar-refractivity contribution < 1.29 is 4.79 Å². The normalized spacial score (nSPS) is 10.9. The van der Waals surface area contributed by atoms with E-state index in [9.17, 15) is 4.79 Å². The third-order valence-electron chi connectivity index (χ3n) is 3.52. The Balaban J connectivity index is 1.55. The first-order chi connectivity index (χ1) is 11.1. The minimum atomic E-state index is -0.108. The minimum Gasteiger partial charge on any atom is -0.355 e. The van der Waals surface area contributed by atoms with Crippen molar-refractivity contribution in [3.63, 3.8) is 0 Å². The Labute approximate surface area is 144 Å². The first-order valence-electron chi connectivity index (χ1n) is 7.25. The summed E-state index contributed by atoms with van der Waals surface area (Å²) >= 11 is 12.1. The monoisotopic (exact) mass is 347 g/mol. The van der Waals surface area contributed by atoms with Gasteiger partial charge in [-0.25, -0.2) is 4.98 Å². The van der Waals surface area contributed by atoms with E-state index in [0.717, 1.165) is 11.3 Å². The van der Waals surface area contributed by atoms with E-state index in [-0.39, 0.29) is 12.3 Å². The van der Waals surface area contributed by atoms with Crippen LogP contribution in [0.5, 0.6) is 0 Å². The zero-order valence-electron chi connectivity index (χ0n) is 12.3. The third-order valence-corrected chi connectivity index (χ3v) is 4.22. The summed E-state index contributed by atoms with van der Waals surface area (Å²) < 4.78 is 1.96. The van der Waals surface area contributed by atoms with Gasteiger partial charge in [0.25, 0.3) is 0 Å². The lowest BCUT2D eigenvalue weighted by Crippen LogP contribution is -2.27. The fraction of sp³-hybridized carbons (Fsp3) is 0.176. The van der Waals surface area contributed by atoms with Gasteiger partial charge in [-0.05, 0) is 29.8 Å². The van der Waals surface area contributed by atoms with Gasteiger partial charge in [0.2, 0.25) is 5.91 Å². The molecule has 1 amide bonds. The Kier molecular flexibility index (Phi) is 4.84. The molecule has 23 heavy (non-hydrogen) atoms. The lowest BCUT2D eigenvalue weighted by atomic mass is 10.1. The molecule has 3 rings (SSSR count). The van der Waals surface area contributed by atoms with E-state index < -0.39 is 0 Å². The van der Waals surface area contributed by atoms with E-state index in [1.54, 1.807) is 18.2 Å². The van der Waals surface area contributed by atoms with Crippen LogP contribution in [-0.2, 0) is 17.6 Å². The Bertz CT molecular complexity index is 791. The standard InChI is InChI=1S/C17H15Cl2N3O/c18-14-4-3-5-15(19)13(14)10-17(23)20-8-7-12-11-22-9-2-1-6-16(22)21-12/h1-6,9,11H,7-8,10H2,(H,20,23). The van der Waals surface area contributed by atoms with Gasteiger partial charge in [-0.1, -0.05) is 35.3 Å². The van der Waals surface area contributed by atoms with Crippen molar-refractivity contribution in [3.8, 4) is 0 Å². The van der Waals surface area contributed by atoms with Gasteiger partial charge in [0, 0.05) is 35.4 Å². The highest BCUT2D eigenvalue weighted by Gasteiger charge is 2.10. The zero-order chi connectivity index (χ0) is 16.2. The summed E-state index contributed by atoms with van der Waals surface area (Å²) in [5, 5.41) is 3.89. The largest absolute Gasteiger partial charge is 0.355 e. The van der Waals surface area contributed by atoms with Crippen LogP contribution in [0.3, 0.4) is 0 Å². The molecule has 0 atom stereocenters.